The molecule has 4 nitrogen and oxygen atoms in total. The molecule has 1 aliphatic rings. The zero-order valence-electron chi connectivity index (χ0n) is 12.5. The van der Waals surface area contributed by atoms with E-state index in [1.165, 1.54) is 10.5 Å². The van der Waals surface area contributed by atoms with E-state index in [1.807, 2.05) is 12.1 Å². The first kappa shape index (κ1) is 14.8. The molecule has 0 saturated heterocycles. The van der Waals surface area contributed by atoms with Crippen molar-refractivity contribution in [2.75, 3.05) is 19.5 Å². The van der Waals surface area contributed by atoms with Crippen LogP contribution in [0.3, 0.4) is 0 Å². The fourth-order valence-electron chi connectivity index (χ4n) is 2.44. The molecule has 1 amide bonds. The van der Waals surface area contributed by atoms with Crippen LogP contribution in [0.25, 0.3) is 0 Å². The van der Waals surface area contributed by atoms with Gasteiger partial charge in [0.1, 0.15) is 11.5 Å². The Kier molecular flexibility index (Phi) is 4.24. The summed E-state index contributed by atoms with van der Waals surface area (Å²) in [7, 11) is 3.17. The molecule has 22 heavy (non-hydrogen) atoms. The highest BCUT2D eigenvalue weighted by Crippen LogP contribution is 2.38. The maximum atomic E-state index is 12.5. The maximum absolute atomic E-state index is 12.5. The molecule has 114 valence electrons. The molecule has 1 atom stereocenters. The summed E-state index contributed by atoms with van der Waals surface area (Å²) in [5, 5.41) is 2.84. The number of hydrogen-bond donors (Lipinski definition) is 1. The van der Waals surface area contributed by atoms with Crippen LogP contribution in [0.5, 0.6) is 11.5 Å². The first-order chi connectivity index (χ1) is 10.7. The van der Waals surface area contributed by atoms with Gasteiger partial charge >= 0.3 is 0 Å². The fourth-order valence-corrected chi connectivity index (χ4v) is 3.64. The average Bonchev–Trinajstić information content (AvgIpc) is 2.99. The van der Waals surface area contributed by atoms with Crippen LogP contribution in [0.15, 0.2) is 47.4 Å². The van der Waals surface area contributed by atoms with Gasteiger partial charge in [0.05, 0.1) is 25.2 Å². The Bertz CT molecular complexity index is 677. The summed E-state index contributed by atoms with van der Waals surface area (Å²) in [5.41, 5.74) is 1.89. The van der Waals surface area contributed by atoms with Gasteiger partial charge in [0.25, 0.3) is 0 Å². The molecule has 2 aromatic rings. The minimum Gasteiger partial charge on any atom is -0.497 e. The second kappa shape index (κ2) is 6.32. The highest BCUT2D eigenvalue weighted by Gasteiger charge is 2.28. The number of amides is 1. The fraction of sp³-hybridized carbons (Fsp3) is 0.235. The van der Waals surface area contributed by atoms with E-state index in [1.54, 1.807) is 44.2 Å². The summed E-state index contributed by atoms with van der Waals surface area (Å²) >= 11 is 1.61. The van der Waals surface area contributed by atoms with Gasteiger partial charge in [-0.1, -0.05) is 18.2 Å². The Morgan fingerprint density at radius 1 is 1.18 bits per heavy atom. The maximum Gasteiger partial charge on any atom is 0.238 e. The van der Waals surface area contributed by atoms with E-state index < -0.39 is 0 Å². The number of carbonyl (C=O) groups excluding carboxylic acids is 1. The van der Waals surface area contributed by atoms with Crippen molar-refractivity contribution < 1.29 is 14.3 Å². The highest BCUT2D eigenvalue weighted by molar-refractivity contribution is 8.01. The van der Waals surface area contributed by atoms with Gasteiger partial charge in [0.15, 0.2) is 0 Å². The lowest BCUT2D eigenvalue weighted by atomic mass is 10.1. The predicted molar refractivity (Wildman–Crippen MR) is 88.0 cm³/mol. The number of nitrogens with one attached hydrogen (secondary N) is 1. The van der Waals surface area contributed by atoms with Gasteiger partial charge in [-0.25, -0.2) is 0 Å². The van der Waals surface area contributed by atoms with E-state index in [4.69, 9.17) is 9.47 Å². The third-order valence-corrected chi connectivity index (χ3v) is 4.92. The first-order valence-electron chi connectivity index (χ1n) is 6.98. The van der Waals surface area contributed by atoms with Crippen molar-refractivity contribution in [3.8, 4) is 11.5 Å². The number of benzene rings is 2. The van der Waals surface area contributed by atoms with Crippen LogP contribution in [0.1, 0.15) is 5.56 Å². The van der Waals surface area contributed by atoms with Crippen molar-refractivity contribution in [2.24, 2.45) is 0 Å². The van der Waals surface area contributed by atoms with Crippen LogP contribution in [0.4, 0.5) is 5.69 Å². The SMILES string of the molecule is COc1ccc(NC(=O)[C@H]2Cc3ccccc3S2)c(OC)c1. The normalized spacial score (nSPS) is 16.0. The summed E-state index contributed by atoms with van der Waals surface area (Å²) < 4.78 is 10.5. The van der Waals surface area contributed by atoms with Gasteiger partial charge < -0.3 is 14.8 Å². The molecule has 1 N–H and O–H groups in total. The predicted octanol–water partition coefficient (Wildman–Crippen LogP) is 3.36. The molecule has 1 heterocycles. The Morgan fingerprint density at radius 3 is 2.73 bits per heavy atom. The third-order valence-electron chi connectivity index (χ3n) is 3.61. The molecule has 0 saturated carbocycles. The number of methoxy groups -OCH3 is 2. The molecule has 0 aliphatic carbocycles. The summed E-state index contributed by atoms with van der Waals surface area (Å²) in [6.07, 6.45) is 0.755. The number of anilines is 1. The van der Waals surface area contributed by atoms with Crippen molar-refractivity contribution in [1.82, 2.24) is 0 Å². The van der Waals surface area contributed by atoms with E-state index in [9.17, 15) is 4.79 Å². The van der Waals surface area contributed by atoms with Gasteiger partial charge in [-0.05, 0) is 30.2 Å². The van der Waals surface area contributed by atoms with Crippen molar-refractivity contribution in [3.63, 3.8) is 0 Å². The smallest absolute Gasteiger partial charge is 0.238 e. The number of carbonyl (C=O) groups is 1. The van der Waals surface area contributed by atoms with Gasteiger partial charge in [0, 0.05) is 11.0 Å². The second-order valence-corrected chi connectivity index (χ2v) is 6.22. The molecule has 3 rings (SSSR count). The molecule has 5 heteroatoms. The summed E-state index contributed by atoms with van der Waals surface area (Å²) in [5.74, 6) is 1.27. The minimum absolute atomic E-state index is 0.00957. The Hall–Kier alpha value is -2.14. The number of hydrogen-bond acceptors (Lipinski definition) is 4. The summed E-state index contributed by atoms with van der Waals surface area (Å²) in [4.78, 5) is 13.7. The van der Waals surface area contributed by atoms with E-state index in [2.05, 4.69) is 17.4 Å². The van der Waals surface area contributed by atoms with Crippen molar-refractivity contribution >= 4 is 23.4 Å². The molecule has 0 spiro atoms. The van der Waals surface area contributed by atoms with E-state index in [-0.39, 0.29) is 11.2 Å². The Labute approximate surface area is 133 Å². The number of thioether (sulfide) groups is 1. The number of rotatable bonds is 4. The minimum atomic E-state index is -0.107. The molecular formula is C17H17NO3S. The average molecular weight is 315 g/mol. The molecule has 0 bridgehead atoms. The van der Waals surface area contributed by atoms with E-state index >= 15 is 0 Å². The zero-order valence-corrected chi connectivity index (χ0v) is 13.3. The standard InChI is InChI=1S/C17H17NO3S/c1-20-12-7-8-13(14(10-12)21-2)18-17(19)16-9-11-5-3-4-6-15(11)22-16/h3-8,10,16H,9H2,1-2H3,(H,18,19)/t16-/m1/s1. The Balaban J connectivity index is 1.73. The largest absolute Gasteiger partial charge is 0.497 e. The van der Waals surface area contributed by atoms with Crippen LogP contribution in [-0.4, -0.2) is 25.4 Å². The number of fused-ring (bicyclic) bond motifs is 1. The lowest BCUT2D eigenvalue weighted by molar-refractivity contribution is -0.115. The van der Waals surface area contributed by atoms with Crippen LogP contribution in [0.2, 0.25) is 0 Å². The summed E-state index contributed by atoms with van der Waals surface area (Å²) in [6, 6.07) is 13.5. The number of ether oxygens (including phenoxy) is 2. The highest BCUT2D eigenvalue weighted by atomic mass is 32.2. The van der Waals surface area contributed by atoms with Crippen LogP contribution in [-0.2, 0) is 11.2 Å². The van der Waals surface area contributed by atoms with Gasteiger partial charge in [0.2, 0.25) is 5.91 Å². The third kappa shape index (κ3) is 2.90. The Morgan fingerprint density at radius 2 is 2.00 bits per heavy atom. The monoisotopic (exact) mass is 315 g/mol. The van der Waals surface area contributed by atoms with Crippen molar-refractivity contribution in [3.05, 3.63) is 48.0 Å². The van der Waals surface area contributed by atoms with Gasteiger partial charge in [-0.2, -0.15) is 0 Å². The van der Waals surface area contributed by atoms with Crippen molar-refractivity contribution in [2.45, 2.75) is 16.6 Å². The van der Waals surface area contributed by atoms with Gasteiger partial charge in [-0.3, -0.25) is 4.79 Å². The molecule has 0 unspecified atom stereocenters. The first-order valence-corrected chi connectivity index (χ1v) is 7.86. The topological polar surface area (TPSA) is 47.6 Å². The zero-order chi connectivity index (χ0) is 15.5. The van der Waals surface area contributed by atoms with Gasteiger partial charge in [-0.15, -0.1) is 11.8 Å². The molecule has 2 aromatic carbocycles. The molecular weight excluding hydrogens is 298 g/mol. The molecule has 0 radical (unpaired) electrons. The van der Waals surface area contributed by atoms with Crippen LogP contribution >= 0.6 is 11.8 Å². The van der Waals surface area contributed by atoms with E-state index in [0.717, 1.165) is 6.42 Å². The van der Waals surface area contributed by atoms with Crippen LogP contribution < -0.4 is 14.8 Å². The van der Waals surface area contributed by atoms with Crippen LogP contribution in [0, 0.1) is 0 Å². The quantitative estimate of drug-likeness (QED) is 0.940. The van der Waals surface area contributed by atoms with Crippen molar-refractivity contribution in [1.29, 1.82) is 0 Å². The van der Waals surface area contributed by atoms with E-state index in [0.29, 0.717) is 17.2 Å². The molecule has 0 fully saturated rings. The lowest BCUT2D eigenvalue weighted by Crippen LogP contribution is -2.24. The second-order valence-electron chi connectivity index (χ2n) is 4.97. The molecule has 1 aliphatic heterocycles. The molecule has 0 aromatic heterocycles. The summed E-state index contributed by atoms with van der Waals surface area (Å²) in [6.45, 7) is 0. The lowest BCUT2D eigenvalue weighted by Gasteiger charge is -2.14.